The Balaban J connectivity index is 1.51. The van der Waals surface area contributed by atoms with Gasteiger partial charge in [0.2, 0.25) is 0 Å². The van der Waals surface area contributed by atoms with Crippen LogP contribution in [0.25, 0.3) is 0 Å². The Kier molecular flexibility index (Phi) is 9.42. The van der Waals surface area contributed by atoms with E-state index in [-0.39, 0.29) is 18.7 Å². The van der Waals surface area contributed by atoms with E-state index in [9.17, 15) is 4.79 Å². The standard InChI is InChI=1S/C28H34O6/c1-2-30-24-17-23(20-32-25-15-9-10-16-31-25)26(29)28(34-19-22-13-7-4-8-14-22)27(24)33-18-21-11-5-3-6-12-21/h3-8,11-14,17,24-25,27-28H,2,9-10,15-16,18-20H2,1H3/t24-,25?,27+,28+/m1/s1. The van der Waals surface area contributed by atoms with Gasteiger partial charge in [-0.1, -0.05) is 60.7 Å². The number of ketones is 1. The van der Waals surface area contributed by atoms with Gasteiger partial charge in [0.05, 0.1) is 19.8 Å². The summed E-state index contributed by atoms with van der Waals surface area (Å²) in [5.41, 5.74) is 2.57. The smallest absolute Gasteiger partial charge is 0.192 e. The Morgan fingerprint density at radius 1 is 0.824 bits per heavy atom. The van der Waals surface area contributed by atoms with Crippen molar-refractivity contribution in [3.8, 4) is 0 Å². The van der Waals surface area contributed by atoms with E-state index in [2.05, 4.69) is 0 Å². The van der Waals surface area contributed by atoms with Gasteiger partial charge in [0.1, 0.15) is 18.3 Å². The molecule has 0 saturated carbocycles. The minimum atomic E-state index is -0.795. The summed E-state index contributed by atoms with van der Waals surface area (Å²) < 4.78 is 30.1. The van der Waals surface area contributed by atoms with Crippen LogP contribution in [0.1, 0.15) is 37.3 Å². The van der Waals surface area contributed by atoms with E-state index in [4.69, 9.17) is 23.7 Å². The van der Waals surface area contributed by atoms with Crippen molar-refractivity contribution in [1.82, 2.24) is 0 Å². The molecule has 0 radical (unpaired) electrons. The summed E-state index contributed by atoms with van der Waals surface area (Å²) in [5, 5.41) is 0. The van der Waals surface area contributed by atoms with E-state index < -0.39 is 18.3 Å². The van der Waals surface area contributed by atoms with Gasteiger partial charge in [0, 0.05) is 18.8 Å². The summed E-state index contributed by atoms with van der Waals surface area (Å²) in [6, 6.07) is 19.7. The third-order valence-electron chi connectivity index (χ3n) is 6.04. The van der Waals surface area contributed by atoms with Crippen LogP contribution in [0.4, 0.5) is 0 Å². The van der Waals surface area contributed by atoms with Crippen LogP contribution >= 0.6 is 0 Å². The molecule has 6 heteroatoms. The molecule has 1 heterocycles. The lowest BCUT2D eigenvalue weighted by Gasteiger charge is -2.36. The summed E-state index contributed by atoms with van der Waals surface area (Å²) >= 11 is 0. The number of Topliss-reactive ketones (excluding diaryl/α,β-unsaturated/α-hetero) is 1. The second-order valence-corrected chi connectivity index (χ2v) is 8.56. The van der Waals surface area contributed by atoms with Crippen molar-refractivity contribution in [1.29, 1.82) is 0 Å². The van der Waals surface area contributed by atoms with E-state index in [1.807, 2.05) is 73.7 Å². The van der Waals surface area contributed by atoms with Crippen LogP contribution in [-0.4, -0.2) is 50.2 Å². The second kappa shape index (κ2) is 12.9. The molecule has 2 aromatic rings. The van der Waals surface area contributed by atoms with Gasteiger partial charge in [-0.15, -0.1) is 0 Å². The molecule has 1 fully saturated rings. The van der Waals surface area contributed by atoms with Crippen LogP contribution in [-0.2, 0) is 41.7 Å². The predicted molar refractivity (Wildman–Crippen MR) is 128 cm³/mol. The average Bonchev–Trinajstić information content (AvgIpc) is 2.89. The van der Waals surface area contributed by atoms with Crippen LogP contribution in [0.5, 0.6) is 0 Å². The summed E-state index contributed by atoms with van der Waals surface area (Å²) in [4.78, 5) is 13.5. The van der Waals surface area contributed by atoms with Crippen LogP contribution < -0.4 is 0 Å². The third kappa shape index (κ3) is 6.84. The minimum absolute atomic E-state index is 0.124. The lowest BCUT2D eigenvalue weighted by atomic mass is 9.90. The van der Waals surface area contributed by atoms with Gasteiger partial charge in [-0.2, -0.15) is 0 Å². The molecule has 4 rings (SSSR count). The van der Waals surface area contributed by atoms with E-state index in [0.717, 1.165) is 30.4 Å². The minimum Gasteiger partial charge on any atom is -0.372 e. The zero-order valence-electron chi connectivity index (χ0n) is 19.8. The van der Waals surface area contributed by atoms with Crippen molar-refractivity contribution in [2.45, 2.75) is 64.0 Å². The number of ether oxygens (including phenoxy) is 5. The molecular weight excluding hydrogens is 432 g/mol. The first-order valence-electron chi connectivity index (χ1n) is 12.2. The number of hydrogen-bond acceptors (Lipinski definition) is 6. The van der Waals surface area contributed by atoms with Gasteiger partial charge >= 0.3 is 0 Å². The molecule has 0 spiro atoms. The van der Waals surface area contributed by atoms with Crippen molar-refractivity contribution >= 4 is 5.78 Å². The van der Waals surface area contributed by atoms with Crippen molar-refractivity contribution < 1.29 is 28.5 Å². The third-order valence-corrected chi connectivity index (χ3v) is 6.04. The number of carbonyl (C=O) groups excluding carboxylic acids is 1. The molecule has 182 valence electrons. The van der Waals surface area contributed by atoms with Gasteiger partial charge in [0.25, 0.3) is 0 Å². The van der Waals surface area contributed by atoms with Gasteiger partial charge < -0.3 is 23.7 Å². The fourth-order valence-electron chi connectivity index (χ4n) is 4.24. The zero-order chi connectivity index (χ0) is 23.6. The molecule has 1 unspecified atom stereocenters. The lowest BCUT2D eigenvalue weighted by Crippen LogP contribution is -2.50. The maximum absolute atomic E-state index is 13.5. The molecule has 6 nitrogen and oxygen atoms in total. The summed E-state index contributed by atoms with van der Waals surface area (Å²) in [5.74, 6) is -0.124. The Morgan fingerprint density at radius 3 is 2.12 bits per heavy atom. The first-order chi connectivity index (χ1) is 16.7. The van der Waals surface area contributed by atoms with Gasteiger partial charge in [0.15, 0.2) is 12.1 Å². The van der Waals surface area contributed by atoms with Gasteiger partial charge in [-0.05, 0) is 43.4 Å². The van der Waals surface area contributed by atoms with E-state index in [0.29, 0.717) is 32.0 Å². The highest BCUT2D eigenvalue weighted by molar-refractivity contribution is 6.00. The molecule has 0 bridgehead atoms. The fourth-order valence-corrected chi connectivity index (χ4v) is 4.24. The second-order valence-electron chi connectivity index (χ2n) is 8.56. The van der Waals surface area contributed by atoms with Crippen molar-refractivity contribution in [2.24, 2.45) is 0 Å². The molecule has 1 aliphatic carbocycles. The number of rotatable bonds is 11. The summed E-state index contributed by atoms with van der Waals surface area (Å²) in [6.07, 6.45) is 2.74. The predicted octanol–water partition coefficient (Wildman–Crippen LogP) is 4.61. The SMILES string of the molecule is CCO[C@@H]1C=C(COC2CCCCO2)C(=O)[C@H](OCc2ccccc2)[C@H]1OCc1ccccc1. The molecule has 1 saturated heterocycles. The Labute approximate surface area is 201 Å². The highest BCUT2D eigenvalue weighted by atomic mass is 16.7. The van der Waals surface area contributed by atoms with Crippen molar-refractivity contribution in [3.63, 3.8) is 0 Å². The fraction of sp³-hybridized carbons (Fsp3) is 0.464. The quantitative estimate of drug-likeness (QED) is 0.482. The Bertz CT molecular complexity index is 907. The van der Waals surface area contributed by atoms with Crippen LogP contribution in [0.3, 0.4) is 0 Å². The molecule has 4 atom stereocenters. The number of carbonyl (C=O) groups is 1. The highest BCUT2D eigenvalue weighted by Crippen LogP contribution is 2.27. The normalized spacial score (nSPS) is 25.2. The first-order valence-corrected chi connectivity index (χ1v) is 12.2. The molecule has 34 heavy (non-hydrogen) atoms. The highest BCUT2D eigenvalue weighted by Gasteiger charge is 2.42. The van der Waals surface area contributed by atoms with E-state index in [1.54, 1.807) is 0 Å². The zero-order valence-corrected chi connectivity index (χ0v) is 19.8. The average molecular weight is 467 g/mol. The maximum Gasteiger partial charge on any atom is 0.192 e. The topological polar surface area (TPSA) is 63.2 Å². The maximum atomic E-state index is 13.5. The Hall–Kier alpha value is -2.35. The molecular formula is C28H34O6. The molecule has 0 N–H and O–H groups in total. The van der Waals surface area contributed by atoms with Crippen molar-refractivity contribution in [3.05, 3.63) is 83.4 Å². The van der Waals surface area contributed by atoms with Gasteiger partial charge in [-0.3, -0.25) is 4.79 Å². The largest absolute Gasteiger partial charge is 0.372 e. The Morgan fingerprint density at radius 2 is 1.50 bits per heavy atom. The van der Waals surface area contributed by atoms with Crippen LogP contribution in [0.15, 0.2) is 72.3 Å². The summed E-state index contributed by atoms with van der Waals surface area (Å²) in [7, 11) is 0. The van der Waals surface area contributed by atoms with E-state index >= 15 is 0 Å². The van der Waals surface area contributed by atoms with Crippen LogP contribution in [0, 0.1) is 0 Å². The van der Waals surface area contributed by atoms with Crippen molar-refractivity contribution in [2.75, 3.05) is 19.8 Å². The monoisotopic (exact) mass is 466 g/mol. The van der Waals surface area contributed by atoms with Gasteiger partial charge in [-0.25, -0.2) is 0 Å². The number of benzene rings is 2. The first kappa shape index (κ1) is 24.8. The molecule has 2 aliphatic rings. The molecule has 0 aromatic heterocycles. The number of hydrogen-bond donors (Lipinski definition) is 0. The summed E-state index contributed by atoms with van der Waals surface area (Å²) in [6.45, 7) is 3.96. The lowest BCUT2D eigenvalue weighted by molar-refractivity contribution is -0.168. The van der Waals surface area contributed by atoms with E-state index in [1.165, 1.54) is 0 Å². The molecule has 0 amide bonds. The molecule has 1 aliphatic heterocycles. The molecule has 2 aromatic carbocycles. The van der Waals surface area contributed by atoms with Crippen LogP contribution in [0.2, 0.25) is 0 Å².